The number of carbonyl (C=O) groups is 2. The lowest BCUT2D eigenvalue weighted by atomic mass is 10.2. The van der Waals surface area contributed by atoms with Crippen molar-refractivity contribution in [2.24, 2.45) is 0 Å². The molecule has 0 aliphatic heterocycles. The summed E-state index contributed by atoms with van der Waals surface area (Å²) in [6, 6.07) is 2.55. The van der Waals surface area contributed by atoms with Crippen LogP contribution in [-0.2, 0) is 9.47 Å². The van der Waals surface area contributed by atoms with Crippen molar-refractivity contribution in [2.45, 2.75) is 0 Å². The Bertz CT molecular complexity index is 436. The third kappa shape index (κ3) is 5.45. The van der Waals surface area contributed by atoms with Crippen molar-refractivity contribution < 1.29 is 24.2 Å². The molecule has 0 aliphatic rings. The molecule has 104 valence electrons. The molecule has 0 aromatic carbocycles. The van der Waals surface area contributed by atoms with Gasteiger partial charge >= 0.3 is 5.97 Å². The van der Waals surface area contributed by atoms with E-state index in [2.05, 4.69) is 10.3 Å². The third-order valence-corrected chi connectivity index (χ3v) is 2.20. The van der Waals surface area contributed by atoms with Crippen molar-refractivity contribution in [2.75, 3.05) is 33.5 Å². The van der Waals surface area contributed by atoms with Crippen LogP contribution in [0.25, 0.3) is 0 Å². The van der Waals surface area contributed by atoms with E-state index in [1.165, 1.54) is 18.3 Å². The predicted octanol–water partition coefficient (Wildman–Crippen LogP) is 0.173. The number of hydrogen-bond donors (Lipinski definition) is 2. The average molecular weight is 268 g/mol. The van der Waals surface area contributed by atoms with Crippen molar-refractivity contribution in [1.82, 2.24) is 10.3 Å². The van der Waals surface area contributed by atoms with Crippen LogP contribution in [0.4, 0.5) is 0 Å². The number of carboxylic acid groups (broad SMARTS) is 1. The number of amides is 1. The molecule has 19 heavy (non-hydrogen) atoms. The second-order valence-corrected chi connectivity index (χ2v) is 3.60. The lowest BCUT2D eigenvalue weighted by Crippen LogP contribution is -2.28. The van der Waals surface area contributed by atoms with Gasteiger partial charge in [0.1, 0.15) is 5.69 Å². The lowest BCUT2D eigenvalue weighted by molar-refractivity contribution is 0.0691. The second-order valence-electron chi connectivity index (χ2n) is 3.60. The molecule has 0 saturated carbocycles. The van der Waals surface area contributed by atoms with Crippen LogP contribution in [0.15, 0.2) is 18.3 Å². The Hall–Kier alpha value is -1.99. The van der Waals surface area contributed by atoms with Crippen LogP contribution in [0.1, 0.15) is 20.8 Å². The average Bonchev–Trinajstić information content (AvgIpc) is 2.42. The molecule has 7 nitrogen and oxygen atoms in total. The quantitative estimate of drug-likeness (QED) is 0.652. The van der Waals surface area contributed by atoms with E-state index < -0.39 is 11.9 Å². The van der Waals surface area contributed by atoms with Crippen molar-refractivity contribution in [3.63, 3.8) is 0 Å². The maximum atomic E-state index is 11.7. The van der Waals surface area contributed by atoms with Gasteiger partial charge in [-0.2, -0.15) is 0 Å². The summed E-state index contributed by atoms with van der Waals surface area (Å²) >= 11 is 0. The van der Waals surface area contributed by atoms with Gasteiger partial charge in [-0.1, -0.05) is 0 Å². The van der Waals surface area contributed by atoms with Crippen LogP contribution in [-0.4, -0.2) is 55.4 Å². The molecule has 1 amide bonds. The fourth-order valence-corrected chi connectivity index (χ4v) is 1.26. The van der Waals surface area contributed by atoms with Gasteiger partial charge in [-0.15, -0.1) is 0 Å². The Labute approximate surface area is 110 Å². The monoisotopic (exact) mass is 268 g/mol. The summed E-state index contributed by atoms with van der Waals surface area (Å²) < 4.78 is 9.96. The summed E-state index contributed by atoms with van der Waals surface area (Å²) in [5, 5.41) is 11.4. The molecule has 0 fully saturated rings. The van der Waals surface area contributed by atoms with Gasteiger partial charge in [0.2, 0.25) is 0 Å². The van der Waals surface area contributed by atoms with Gasteiger partial charge < -0.3 is 19.9 Å². The summed E-state index contributed by atoms with van der Waals surface area (Å²) in [5.41, 5.74) is 0.0910. The molecular weight excluding hydrogens is 252 g/mol. The standard InChI is InChI=1S/C12H16N2O5/c1-18-6-7-19-5-4-14-11(15)10-8-9(12(16)17)2-3-13-10/h2-3,8H,4-7H2,1H3,(H,14,15)(H,16,17). The minimum absolute atomic E-state index is 0.0245. The first-order chi connectivity index (χ1) is 9.15. The van der Waals surface area contributed by atoms with Gasteiger partial charge in [-0.25, -0.2) is 4.79 Å². The van der Waals surface area contributed by atoms with E-state index in [9.17, 15) is 9.59 Å². The first-order valence-electron chi connectivity index (χ1n) is 5.69. The Kier molecular flexibility index (Phi) is 6.48. The summed E-state index contributed by atoms with van der Waals surface area (Å²) in [7, 11) is 1.58. The fraction of sp³-hybridized carbons (Fsp3) is 0.417. The number of rotatable bonds is 8. The SMILES string of the molecule is COCCOCCNC(=O)c1cc(C(=O)O)ccn1. The Balaban J connectivity index is 2.37. The van der Waals surface area contributed by atoms with E-state index in [0.717, 1.165) is 0 Å². The molecule has 0 atom stereocenters. The Morgan fingerprint density at radius 1 is 1.37 bits per heavy atom. The fourth-order valence-electron chi connectivity index (χ4n) is 1.26. The topological polar surface area (TPSA) is 97.8 Å². The molecule has 1 rings (SSSR count). The van der Waals surface area contributed by atoms with Crippen molar-refractivity contribution in [3.05, 3.63) is 29.6 Å². The van der Waals surface area contributed by atoms with E-state index >= 15 is 0 Å². The zero-order valence-electron chi connectivity index (χ0n) is 10.6. The van der Waals surface area contributed by atoms with Crippen molar-refractivity contribution in [1.29, 1.82) is 0 Å². The number of aromatic carboxylic acids is 1. The summed E-state index contributed by atoms with van der Waals surface area (Å²) in [4.78, 5) is 26.2. The summed E-state index contributed by atoms with van der Waals surface area (Å²) in [5.74, 6) is -1.53. The maximum Gasteiger partial charge on any atom is 0.335 e. The number of nitrogens with one attached hydrogen (secondary N) is 1. The van der Waals surface area contributed by atoms with Crippen LogP contribution >= 0.6 is 0 Å². The Morgan fingerprint density at radius 3 is 2.84 bits per heavy atom. The number of pyridine rings is 1. The van der Waals surface area contributed by atoms with E-state index in [0.29, 0.717) is 26.4 Å². The highest BCUT2D eigenvalue weighted by Crippen LogP contribution is 2.01. The molecule has 0 bridgehead atoms. The predicted molar refractivity (Wildman–Crippen MR) is 66.2 cm³/mol. The molecule has 0 aliphatic carbocycles. The van der Waals surface area contributed by atoms with Gasteiger partial charge in [0.25, 0.3) is 5.91 Å². The first kappa shape index (κ1) is 15.1. The molecule has 7 heteroatoms. The normalized spacial score (nSPS) is 10.2. The Morgan fingerprint density at radius 2 is 2.16 bits per heavy atom. The number of carbonyl (C=O) groups excluding carboxylic acids is 1. The number of carboxylic acids is 1. The second kappa shape index (κ2) is 8.17. The zero-order valence-corrected chi connectivity index (χ0v) is 10.6. The molecule has 1 aromatic rings. The van der Waals surface area contributed by atoms with Crippen molar-refractivity contribution >= 4 is 11.9 Å². The summed E-state index contributed by atoms with van der Waals surface area (Å²) in [6.45, 7) is 1.63. The number of hydrogen-bond acceptors (Lipinski definition) is 5. The lowest BCUT2D eigenvalue weighted by Gasteiger charge is -2.06. The van der Waals surface area contributed by atoms with E-state index in [4.69, 9.17) is 14.6 Å². The molecule has 0 unspecified atom stereocenters. The molecule has 2 N–H and O–H groups in total. The van der Waals surface area contributed by atoms with Crippen LogP contribution in [0.3, 0.4) is 0 Å². The van der Waals surface area contributed by atoms with Gasteiger partial charge in [0.05, 0.1) is 25.4 Å². The number of methoxy groups -OCH3 is 1. The largest absolute Gasteiger partial charge is 0.478 e. The molecule has 0 radical (unpaired) electrons. The molecule has 0 spiro atoms. The summed E-state index contributed by atoms with van der Waals surface area (Å²) in [6.07, 6.45) is 1.29. The van der Waals surface area contributed by atoms with Gasteiger partial charge in [0, 0.05) is 19.9 Å². The maximum absolute atomic E-state index is 11.7. The highest BCUT2D eigenvalue weighted by molar-refractivity contribution is 5.95. The molecule has 1 heterocycles. The van der Waals surface area contributed by atoms with Crippen LogP contribution in [0.5, 0.6) is 0 Å². The first-order valence-corrected chi connectivity index (χ1v) is 5.69. The van der Waals surface area contributed by atoms with Crippen LogP contribution < -0.4 is 5.32 Å². The van der Waals surface area contributed by atoms with Gasteiger partial charge in [-0.3, -0.25) is 9.78 Å². The third-order valence-electron chi connectivity index (χ3n) is 2.20. The highest BCUT2D eigenvalue weighted by atomic mass is 16.5. The number of ether oxygens (including phenoxy) is 2. The number of nitrogens with zero attached hydrogens (tertiary/aromatic N) is 1. The molecule has 1 aromatic heterocycles. The molecule has 0 saturated heterocycles. The van der Waals surface area contributed by atoms with E-state index in [-0.39, 0.29) is 11.3 Å². The smallest absolute Gasteiger partial charge is 0.335 e. The minimum atomic E-state index is -1.10. The van der Waals surface area contributed by atoms with Crippen LogP contribution in [0, 0.1) is 0 Å². The van der Waals surface area contributed by atoms with Crippen LogP contribution in [0.2, 0.25) is 0 Å². The minimum Gasteiger partial charge on any atom is -0.478 e. The molecular formula is C12H16N2O5. The van der Waals surface area contributed by atoms with Crippen molar-refractivity contribution in [3.8, 4) is 0 Å². The van der Waals surface area contributed by atoms with E-state index in [1.54, 1.807) is 7.11 Å². The highest BCUT2D eigenvalue weighted by Gasteiger charge is 2.10. The van der Waals surface area contributed by atoms with Gasteiger partial charge in [-0.05, 0) is 12.1 Å². The van der Waals surface area contributed by atoms with E-state index in [1.807, 2.05) is 0 Å². The number of aromatic nitrogens is 1. The zero-order chi connectivity index (χ0) is 14.1. The van der Waals surface area contributed by atoms with Gasteiger partial charge in [0.15, 0.2) is 0 Å².